The molecule has 1 N–H and O–H groups in total. The van der Waals surface area contributed by atoms with Crippen LogP contribution in [0.1, 0.15) is 24.1 Å². The highest BCUT2D eigenvalue weighted by molar-refractivity contribution is 6.30. The summed E-state index contributed by atoms with van der Waals surface area (Å²) in [7, 11) is 0. The van der Waals surface area contributed by atoms with Gasteiger partial charge in [0.2, 0.25) is 0 Å². The van der Waals surface area contributed by atoms with Crippen molar-refractivity contribution < 1.29 is 9.90 Å². The summed E-state index contributed by atoms with van der Waals surface area (Å²) in [5, 5.41) is 10.2. The minimum Gasteiger partial charge on any atom is -0.481 e. The Kier molecular flexibility index (Phi) is 4.64. The second kappa shape index (κ2) is 6.69. The summed E-state index contributed by atoms with van der Waals surface area (Å²) in [6, 6.07) is 13.7. The van der Waals surface area contributed by atoms with Gasteiger partial charge in [0.25, 0.3) is 0 Å². The summed E-state index contributed by atoms with van der Waals surface area (Å²) in [4.78, 5) is 18.3. The molecule has 0 saturated carbocycles. The lowest BCUT2D eigenvalue weighted by atomic mass is 9.88. The molecule has 0 amide bonds. The van der Waals surface area contributed by atoms with Gasteiger partial charge in [-0.1, -0.05) is 41.9 Å². The number of pyridine rings is 1. The highest BCUT2D eigenvalue weighted by Crippen LogP contribution is 2.37. The molecule has 3 rings (SSSR count). The van der Waals surface area contributed by atoms with Crippen molar-refractivity contribution in [2.24, 2.45) is 5.92 Å². The lowest BCUT2D eigenvalue weighted by Gasteiger charge is -2.22. The third-order valence-corrected chi connectivity index (χ3v) is 4.83. The fourth-order valence-electron chi connectivity index (χ4n) is 3.38. The van der Waals surface area contributed by atoms with Gasteiger partial charge in [0, 0.05) is 36.9 Å². The van der Waals surface area contributed by atoms with Crippen molar-refractivity contribution in [3.8, 4) is 0 Å². The normalized spacial score (nSPS) is 24.7. The van der Waals surface area contributed by atoms with E-state index >= 15 is 0 Å². The maximum atomic E-state index is 11.8. The molecule has 3 atom stereocenters. The van der Waals surface area contributed by atoms with Crippen molar-refractivity contribution in [1.29, 1.82) is 0 Å². The van der Waals surface area contributed by atoms with Crippen LogP contribution in [0, 0.1) is 5.92 Å². The number of hydrogen-bond donors (Lipinski definition) is 1. The average molecular weight is 331 g/mol. The Hall–Kier alpha value is -1.91. The highest BCUT2D eigenvalue weighted by Gasteiger charge is 2.44. The Bertz CT molecular complexity index is 675. The molecular weight excluding hydrogens is 312 g/mol. The number of carboxylic acid groups (broad SMARTS) is 1. The molecule has 1 aliphatic heterocycles. The van der Waals surface area contributed by atoms with E-state index in [1.807, 2.05) is 31.2 Å². The zero-order valence-corrected chi connectivity index (χ0v) is 13.6. The van der Waals surface area contributed by atoms with Gasteiger partial charge in [0.05, 0.1) is 10.9 Å². The van der Waals surface area contributed by atoms with Gasteiger partial charge in [-0.3, -0.25) is 14.7 Å². The molecule has 0 spiro atoms. The molecule has 1 saturated heterocycles. The predicted molar refractivity (Wildman–Crippen MR) is 89.4 cm³/mol. The largest absolute Gasteiger partial charge is 0.481 e. The SMILES string of the molecule is CC1[C@@H](C(=O)O)[C@H](c2ccc(Cl)cn2)CN1Cc1ccccc1. The third kappa shape index (κ3) is 3.38. The van der Waals surface area contributed by atoms with Gasteiger partial charge in [-0.05, 0) is 24.6 Å². The summed E-state index contributed by atoms with van der Waals surface area (Å²) in [5.74, 6) is -1.36. The standard InChI is InChI=1S/C18H19ClN2O2/c1-12-17(18(22)23)15(16-8-7-14(19)9-20-16)11-21(12)10-13-5-3-2-4-6-13/h2-9,12,15,17H,10-11H2,1H3,(H,22,23)/t12?,15-,17+/m0/s1. The van der Waals surface area contributed by atoms with Crippen molar-refractivity contribution in [3.05, 3.63) is 64.9 Å². The van der Waals surface area contributed by atoms with Gasteiger partial charge in [0.15, 0.2) is 0 Å². The predicted octanol–water partition coefficient (Wildman–Crippen LogP) is 3.42. The van der Waals surface area contributed by atoms with Crippen LogP contribution in [0.4, 0.5) is 0 Å². The molecule has 1 unspecified atom stereocenters. The maximum absolute atomic E-state index is 11.8. The van der Waals surface area contributed by atoms with E-state index in [4.69, 9.17) is 11.6 Å². The number of carboxylic acids is 1. The molecule has 1 fully saturated rings. The number of rotatable bonds is 4. The Morgan fingerprint density at radius 3 is 2.65 bits per heavy atom. The number of carbonyl (C=O) groups is 1. The molecule has 1 aromatic carbocycles. The van der Waals surface area contributed by atoms with Gasteiger partial charge in [-0.15, -0.1) is 0 Å². The van der Waals surface area contributed by atoms with Gasteiger partial charge < -0.3 is 5.11 Å². The highest BCUT2D eigenvalue weighted by atomic mass is 35.5. The number of likely N-dealkylation sites (tertiary alicyclic amines) is 1. The van der Waals surface area contributed by atoms with Crippen molar-refractivity contribution in [2.75, 3.05) is 6.54 Å². The average Bonchev–Trinajstić information content (AvgIpc) is 2.86. The Labute approximate surface area is 140 Å². The van der Waals surface area contributed by atoms with Crippen molar-refractivity contribution in [3.63, 3.8) is 0 Å². The number of aliphatic carboxylic acids is 1. The van der Waals surface area contributed by atoms with Crippen molar-refractivity contribution in [1.82, 2.24) is 9.88 Å². The molecule has 2 heterocycles. The van der Waals surface area contributed by atoms with Crippen molar-refractivity contribution in [2.45, 2.75) is 25.4 Å². The van der Waals surface area contributed by atoms with Crippen LogP contribution in [0.25, 0.3) is 0 Å². The van der Waals surface area contributed by atoms with Gasteiger partial charge in [-0.25, -0.2) is 0 Å². The molecule has 23 heavy (non-hydrogen) atoms. The van der Waals surface area contributed by atoms with Crippen LogP contribution in [-0.4, -0.2) is 33.5 Å². The van der Waals surface area contributed by atoms with Crippen LogP contribution >= 0.6 is 11.6 Å². The van der Waals surface area contributed by atoms with Crippen LogP contribution < -0.4 is 0 Å². The van der Waals surface area contributed by atoms with E-state index in [2.05, 4.69) is 22.0 Å². The first-order valence-corrected chi connectivity index (χ1v) is 8.06. The van der Waals surface area contributed by atoms with Gasteiger partial charge in [0.1, 0.15) is 0 Å². The first kappa shape index (κ1) is 16.0. The molecule has 4 nitrogen and oxygen atoms in total. The van der Waals surface area contributed by atoms with E-state index in [0.29, 0.717) is 11.6 Å². The molecule has 1 aliphatic rings. The maximum Gasteiger partial charge on any atom is 0.308 e. The molecule has 5 heteroatoms. The van der Waals surface area contributed by atoms with E-state index in [0.717, 1.165) is 12.2 Å². The lowest BCUT2D eigenvalue weighted by molar-refractivity contribution is -0.142. The fourth-order valence-corrected chi connectivity index (χ4v) is 3.50. The summed E-state index contributed by atoms with van der Waals surface area (Å²) in [6.07, 6.45) is 1.58. The van der Waals surface area contributed by atoms with Gasteiger partial charge >= 0.3 is 5.97 Å². The van der Waals surface area contributed by atoms with E-state index in [1.165, 1.54) is 5.56 Å². The van der Waals surface area contributed by atoms with Crippen LogP contribution in [0.3, 0.4) is 0 Å². The summed E-state index contributed by atoms with van der Waals surface area (Å²) in [6.45, 7) is 3.41. The smallest absolute Gasteiger partial charge is 0.308 e. The molecule has 0 bridgehead atoms. The number of aromatic nitrogens is 1. The van der Waals surface area contributed by atoms with E-state index in [9.17, 15) is 9.90 Å². The monoisotopic (exact) mass is 330 g/mol. The molecule has 1 aromatic heterocycles. The number of benzene rings is 1. The van der Waals surface area contributed by atoms with E-state index in [-0.39, 0.29) is 12.0 Å². The Balaban J connectivity index is 1.85. The van der Waals surface area contributed by atoms with Crippen molar-refractivity contribution >= 4 is 17.6 Å². The second-order valence-corrected chi connectivity index (χ2v) is 6.46. The second-order valence-electron chi connectivity index (χ2n) is 6.03. The summed E-state index contributed by atoms with van der Waals surface area (Å²) in [5.41, 5.74) is 1.98. The van der Waals surface area contributed by atoms with Crippen LogP contribution in [-0.2, 0) is 11.3 Å². The minimum absolute atomic E-state index is 0.0461. The Morgan fingerprint density at radius 1 is 1.30 bits per heavy atom. The summed E-state index contributed by atoms with van der Waals surface area (Å²) < 4.78 is 0. The lowest BCUT2D eigenvalue weighted by Crippen LogP contribution is -2.33. The zero-order chi connectivity index (χ0) is 16.4. The van der Waals surface area contributed by atoms with E-state index < -0.39 is 11.9 Å². The molecule has 0 aliphatic carbocycles. The third-order valence-electron chi connectivity index (χ3n) is 4.60. The first-order valence-electron chi connectivity index (χ1n) is 7.68. The molecular formula is C18H19ClN2O2. The van der Waals surface area contributed by atoms with Gasteiger partial charge in [-0.2, -0.15) is 0 Å². The number of nitrogens with zero attached hydrogens (tertiary/aromatic N) is 2. The number of halogens is 1. The fraction of sp³-hybridized carbons (Fsp3) is 0.333. The number of hydrogen-bond acceptors (Lipinski definition) is 3. The minimum atomic E-state index is -0.769. The summed E-state index contributed by atoms with van der Waals surface area (Å²) >= 11 is 5.89. The quantitative estimate of drug-likeness (QED) is 0.933. The topological polar surface area (TPSA) is 53.4 Å². The van der Waals surface area contributed by atoms with E-state index in [1.54, 1.807) is 12.3 Å². The molecule has 120 valence electrons. The Morgan fingerprint density at radius 2 is 2.04 bits per heavy atom. The first-order chi connectivity index (χ1) is 11.1. The van der Waals surface area contributed by atoms with Crippen LogP contribution in [0.2, 0.25) is 5.02 Å². The van der Waals surface area contributed by atoms with Crippen LogP contribution in [0.5, 0.6) is 0 Å². The zero-order valence-electron chi connectivity index (χ0n) is 12.9. The van der Waals surface area contributed by atoms with Crippen LogP contribution in [0.15, 0.2) is 48.7 Å². The molecule has 2 aromatic rings. The molecule has 0 radical (unpaired) electrons.